The molecule has 4 aromatic rings. The first-order valence-electron chi connectivity index (χ1n) is 11.3. The van der Waals surface area contributed by atoms with Crippen LogP contribution in [0.3, 0.4) is 0 Å². The fourth-order valence-electron chi connectivity index (χ4n) is 3.93. The van der Waals surface area contributed by atoms with Crippen molar-refractivity contribution in [2.45, 2.75) is 51.1 Å². The van der Waals surface area contributed by atoms with Crippen LogP contribution in [0.25, 0.3) is 27.8 Å². The molecule has 1 amide bonds. The van der Waals surface area contributed by atoms with Crippen molar-refractivity contribution in [1.82, 2.24) is 29.3 Å². The first-order chi connectivity index (χ1) is 17.0. The molecule has 3 heterocycles. The number of alkyl halides is 1. The third-order valence-corrected chi connectivity index (χ3v) is 8.03. The van der Waals surface area contributed by atoms with Gasteiger partial charge in [-0.05, 0) is 34.1 Å². The summed E-state index contributed by atoms with van der Waals surface area (Å²) in [5, 5.41) is 9.90. The molecule has 190 valence electrons. The number of carbonyl (C=O) groups excluding carboxylic acids is 1. The van der Waals surface area contributed by atoms with Gasteiger partial charge < -0.3 is 9.72 Å². The molecule has 36 heavy (non-hydrogen) atoms. The van der Waals surface area contributed by atoms with E-state index in [2.05, 4.69) is 30.2 Å². The lowest BCUT2D eigenvalue weighted by atomic mass is 9.99. The summed E-state index contributed by atoms with van der Waals surface area (Å²) in [6.07, 6.45) is 5.26. The smallest absolute Gasteiger partial charge is 0.231 e. The third-order valence-electron chi connectivity index (χ3n) is 6.00. The van der Waals surface area contributed by atoms with Crippen molar-refractivity contribution in [2.24, 2.45) is 5.92 Å². The number of hydrogen-bond acceptors (Lipinski definition) is 5. The summed E-state index contributed by atoms with van der Waals surface area (Å²) in [6.45, 7) is 7.16. The minimum atomic E-state index is -1.44. The highest BCUT2D eigenvalue weighted by molar-refractivity contribution is 7.84. The second-order valence-electron chi connectivity index (χ2n) is 9.81. The zero-order valence-electron chi connectivity index (χ0n) is 19.9. The van der Waals surface area contributed by atoms with Crippen LogP contribution in [0.5, 0.6) is 0 Å². The summed E-state index contributed by atoms with van der Waals surface area (Å²) in [7, 11) is -1.44. The largest absolute Gasteiger partial charge is 0.309 e. The van der Waals surface area contributed by atoms with Crippen LogP contribution in [0.1, 0.15) is 45.7 Å². The number of amides is 1. The summed E-state index contributed by atoms with van der Waals surface area (Å²) in [5.74, 6) is -1.49. The summed E-state index contributed by atoms with van der Waals surface area (Å²) in [6, 6.07) is -0.634. The van der Waals surface area contributed by atoms with E-state index in [-0.39, 0.29) is 22.8 Å². The standard InChI is InChI=1S/C23H24ClF2N7O2S/c1-10(32-36(35)23(2,3)4)17-20(26)19(24)18(12-6-28-31-21(12)17)14-8-33-9-15(29-16(33)7-27-14)30-22(34)11-5-13(11)25/h6-11,13,32H,5H2,1-4H3,(H,28,31)(H,30,34)/t10-,11+,13-,36-/m0/s1. The van der Waals surface area contributed by atoms with Crippen LogP contribution in [-0.2, 0) is 15.8 Å². The minimum Gasteiger partial charge on any atom is -0.309 e. The highest BCUT2D eigenvalue weighted by atomic mass is 35.5. The Morgan fingerprint density at radius 3 is 2.72 bits per heavy atom. The molecule has 0 aliphatic heterocycles. The van der Waals surface area contributed by atoms with E-state index in [1.54, 1.807) is 23.7 Å². The summed E-state index contributed by atoms with van der Waals surface area (Å²) in [4.78, 5) is 20.7. The first kappa shape index (κ1) is 24.7. The molecular formula is C23H24ClF2N7O2S. The number of imidazole rings is 1. The number of nitrogens with zero attached hydrogens (tertiary/aromatic N) is 4. The molecule has 9 nitrogen and oxygen atoms in total. The van der Waals surface area contributed by atoms with Gasteiger partial charge in [-0.3, -0.25) is 14.9 Å². The van der Waals surface area contributed by atoms with Crippen LogP contribution in [0.4, 0.5) is 14.6 Å². The molecular weight excluding hydrogens is 512 g/mol. The average Bonchev–Trinajstić information content (AvgIpc) is 3.16. The normalized spacial score (nSPS) is 19.5. The molecule has 5 rings (SSSR count). The predicted octanol–water partition coefficient (Wildman–Crippen LogP) is 4.47. The van der Waals surface area contributed by atoms with Crippen LogP contribution in [0.2, 0.25) is 5.02 Å². The lowest BCUT2D eigenvalue weighted by Crippen LogP contribution is -2.35. The van der Waals surface area contributed by atoms with Crippen molar-refractivity contribution < 1.29 is 17.8 Å². The molecule has 3 aromatic heterocycles. The Morgan fingerprint density at radius 2 is 2.06 bits per heavy atom. The van der Waals surface area contributed by atoms with Gasteiger partial charge in [0.15, 0.2) is 11.5 Å². The van der Waals surface area contributed by atoms with Crippen molar-refractivity contribution >= 4 is 50.9 Å². The van der Waals surface area contributed by atoms with Crippen LogP contribution in [0, 0.1) is 11.7 Å². The van der Waals surface area contributed by atoms with Gasteiger partial charge in [0, 0.05) is 28.8 Å². The number of aromatic amines is 1. The summed E-state index contributed by atoms with van der Waals surface area (Å²) >= 11 is 6.54. The maximum absolute atomic E-state index is 15.7. The van der Waals surface area contributed by atoms with Crippen LogP contribution >= 0.6 is 11.6 Å². The Labute approximate surface area is 212 Å². The zero-order valence-corrected chi connectivity index (χ0v) is 21.5. The average molecular weight is 536 g/mol. The maximum Gasteiger partial charge on any atom is 0.231 e. The number of benzene rings is 1. The molecule has 0 radical (unpaired) electrons. The predicted molar refractivity (Wildman–Crippen MR) is 134 cm³/mol. The Balaban J connectivity index is 1.53. The van der Waals surface area contributed by atoms with Gasteiger partial charge in [-0.1, -0.05) is 11.6 Å². The second-order valence-corrected chi connectivity index (χ2v) is 12.2. The van der Waals surface area contributed by atoms with E-state index >= 15 is 4.39 Å². The van der Waals surface area contributed by atoms with Gasteiger partial charge in [-0.2, -0.15) is 5.10 Å². The van der Waals surface area contributed by atoms with E-state index in [9.17, 15) is 13.4 Å². The third kappa shape index (κ3) is 4.37. The molecule has 0 spiro atoms. The van der Waals surface area contributed by atoms with Gasteiger partial charge in [-0.25, -0.2) is 22.7 Å². The van der Waals surface area contributed by atoms with Gasteiger partial charge in [-0.15, -0.1) is 0 Å². The van der Waals surface area contributed by atoms with Crippen LogP contribution in [-0.4, -0.2) is 45.6 Å². The molecule has 1 aliphatic rings. The number of H-pyrrole nitrogens is 1. The van der Waals surface area contributed by atoms with Gasteiger partial charge in [0.1, 0.15) is 12.0 Å². The highest BCUT2D eigenvalue weighted by Gasteiger charge is 2.43. The Hall–Kier alpha value is -2.96. The molecule has 0 unspecified atom stereocenters. The van der Waals surface area contributed by atoms with Gasteiger partial charge >= 0.3 is 0 Å². The van der Waals surface area contributed by atoms with E-state index in [0.29, 0.717) is 27.8 Å². The van der Waals surface area contributed by atoms with Gasteiger partial charge in [0.25, 0.3) is 0 Å². The van der Waals surface area contributed by atoms with Gasteiger partial charge in [0.2, 0.25) is 5.91 Å². The van der Waals surface area contributed by atoms with E-state index < -0.39 is 45.6 Å². The first-order valence-corrected chi connectivity index (χ1v) is 12.8. The van der Waals surface area contributed by atoms with Crippen LogP contribution < -0.4 is 10.0 Å². The molecule has 0 bridgehead atoms. The fourth-order valence-corrected chi connectivity index (χ4v) is 5.03. The number of rotatable bonds is 6. The van der Waals surface area contributed by atoms with Crippen molar-refractivity contribution in [3.05, 3.63) is 41.2 Å². The van der Waals surface area contributed by atoms with E-state index in [1.807, 2.05) is 20.8 Å². The molecule has 4 atom stereocenters. The molecule has 0 saturated heterocycles. The number of anilines is 1. The summed E-state index contributed by atoms with van der Waals surface area (Å²) < 4.78 is 45.5. The Kier molecular flexibility index (Phi) is 6.08. The second kappa shape index (κ2) is 8.86. The maximum atomic E-state index is 15.7. The number of carbonyl (C=O) groups is 1. The van der Waals surface area contributed by atoms with Gasteiger partial charge in [0.05, 0.1) is 56.5 Å². The number of hydrogen-bond donors (Lipinski definition) is 3. The van der Waals surface area contributed by atoms with Crippen LogP contribution in [0.15, 0.2) is 24.8 Å². The number of halogens is 3. The molecule has 1 aromatic carbocycles. The molecule has 1 fully saturated rings. The van der Waals surface area contributed by atoms with Crippen molar-refractivity contribution in [1.29, 1.82) is 0 Å². The Morgan fingerprint density at radius 1 is 1.33 bits per heavy atom. The highest BCUT2D eigenvalue weighted by Crippen LogP contribution is 2.40. The molecule has 13 heteroatoms. The Bertz CT molecular complexity index is 1530. The van der Waals surface area contributed by atoms with Crippen molar-refractivity contribution in [2.75, 3.05) is 5.32 Å². The lowest BCUT2D eigenvalue weighted by Gasteiger charge is -2.23. The van der Waals surface area contributed by atoms with Crippen molar-refractivity contribution in [3.8, 4) is 11.3 Å². The quantitative estimate of drug-likeness (QED) is 0.337. The number of nitrogens with one attached hydrogen (secondary N) is 3. The van der Waals surface area contributed by atoms with E-state index in [1.165, 1.54) is 12.4 Å². The fraction of sp³-hybridized carbons (Fsp3) is 0.391. The minimum absolute atomic E-state index is 0.155. The monoisotopic (exact) mass is 535 g/mol. The lowest BCUT2D eigenvalue weighted by molar-refractivity contribution is -0.117. The molecule has 3 N–H and O–H groups in total. The zero-order chi connectivity index (χ0) is 25.9. The topological polar surface area (TPSA) is 117 Å². The van der Waals surface area contributed by atoms with E-state index in [0.717, 1.165) is 0 Å². The SMILES string of the molecule is C[C@H](N[S@@](=O)C(C)(C)C)c1c(F)c(Cl)c(-c2cn3cc(NC(=O)[C@@H]4C[C@@H]4F)nc3cn2)c2cn[nH]c12. The number of aromatic nitrogens is 5. The molecule has 1 aliphatic carbocycles. The number of fused-ring (bicyclic) bond motifs is 2. The summed E-state index contributed by atoms with van der Waals surface area (Å²) in [5.41, 5.74) is 1.73. The van der Waals surface area contributed by atoms with E-state index in [4.69, 9.17) is 11.6 Å². The van der Waals surface area contributed by atoms with Crippen molar-refractivity contribution in [3.63, 3.8) is 0 Å². The molecule has 1 saturated carbocycles.